The second-order valence-electron chi connectivity index (χ2n) is 5.60. The van der Waals surface area contributed by atoms with E-state index in [1.807, 2.05) is 56.3 Å². The fourth-order valence-corrected chi connectivity index (χ4v) is 2.49. The second kappa shape index (κ2) is 8.34. The summed E-state index contributed by atoms with van der Waals surface area (Å²) in [4.78, 5) is 12.4. The van der Waals surface area contributed by atoms with Crippen molar-refractivity contribution in [1.29, 1.82) is 0 Å². The van der Waals surface area contributed by atoms with Crippen LogP contribution in [0.3, 0.4) is 0 Å². The summed E-state index contributed by atoms with van der Waals surface area (Å²) >= 11 is 0. The Bertz CT molecular complexity index is 628. The summed E-state index contributed by atoms with van der Waals surface area (Å²) in [5.41, 5.74) is 1.92. The third kappa shape index (κ3) is 4.83. The smallest absolute Gasteiger partial charge is 0.282 e. The fourth-order valence-electron chi connectivity index (χ4n) is 2.49. The zero-order valence-electron chi connectivity index (χ0n) is 14.0. The van der Waals surface area contributed by atoms with E-state index in [4.69, 9.17) is 4.74 Å². The van der Waals surface area contributed by atoms with Crippen molar-refractivity contribution in [2.75, 3.05) is 11.9 Å². The van der Waals surface area contributed by atoms with E-state index in [-0.39, 0.29) is 18.0 Å². The molecule has 0 unspecified atom stereocenters. The molecule has 0 heterocycles. The lowest BCUT2D eigenvalue weighted by atomic mass is 10.1. The number of rotatable bonds is 7. The number of nitrogens with one attached hydrogen (secondary N) is 1. The highest BCUT2D eigenvalue weighted by Crippen LogP contribution is 2.23. The van der Waals surface area contributed by atoms with Crippen LogP contribution in [0, 0.1) is 0 Å². The molecule has 0 aliphatic carbocycles. The molecular weight excluding hydrogens is 288 g/mol. The van der Waals surface area contributed by atoms with Crippen LogP contribution < -0.4 is 15.4 Å². The fraction of sp³-hybridized carbons (Fsp3) is 0.316. The Balaban J connectivity index is 1.98. The monoisotopic (exact) mass is 313 g/mol. The van der Waals surface area contributed by atoms with Gasteiger partial charge in [-0.1, -0.05) is 42.5 Å². The summed E-state index contributed by atoms with van der Waals surface area (Å²) in [5, 5.41) is 5.02. The van der Waals surface area contributed by atoms with Gasteiger partial charge in [0.2, 0.25) is 0 Å². The molecule has 2 aromatic rings. The predicted molar refractivity (Wildman–Crippen MR) is 92.5 cm³/mol. The topological polar surface area (TPSA) is 54.9 Å². The lowest BCUT2D eigenvalue weighted by Crippen LogP contribution is -2.91. The number of carbonyl (C=O) groups excluding carboxylic acids is 1. The summed E-state index contributed by atoms with van der Waals surface area (Å²) in [6, 6.07) is 17.7. The minimum atomic E-state index is -0.195. The van der Waals surface area contributed by atoms with Gasteiger partial charge in [0.15, 0.2) is 6.04 Å². The van der Waals surface area contributed by atoms with Crippen LogP contribution in [0.2, 0.25) is 0 Å². The molecule has 2 rings (SSSR count). The van der Waals surface area contributed by atoms with Crippen LogP contribution in [0.5, 0.6) is 5.75 Å². The quantitative estimate of drug-likeness (QED) is 0.826. The van der Waals surface area contributed by atoms with Crippen LogP contribution in [-0.2, 0) is 4.79 Å². The summed E-state index contributed by atoms with van der Waals surface area (Å²) < 4.78 is 5.54. The number of carbonyl (C=O) groups is 1. The van der Waals surface area contributed by atoms with E-state index in [0.29, 0.717) is 18.0 Å². The Morgan fingerprint density at radius 3 is 2.43 bits per heavy atom. The van der Waals surface area contributed by atoms with Crippen molar-refractivity contribution in [2.45, 2.75) is 32.9 Å². The molecular formula is C19H25N2O2+. The molecule has 0 bridgehead atoms. The highest BCUT2D eigenvalue weighted by Gasteiger charge is 2.21. The van der Waals surface area contributed by atoms with Crippen LogP contribution >= 0.6 is 0 Å². The number of ether oxygens (including phenoxy) is 1. The molecule has 0 saturated heterocycles. The third-order valence-electron chi connectivity index (χ3n) is 3.76. The Hall–Kier alpha value is -2.33. The van der Waals surface area contributed by atoms with Gasteiger partial charge in [-0.25, -0.2) is 0 Å². The third-order valence-corrected chi connectivity index (χ3v) is 3.76. The lowest BCUT2D eigenvalue weighted by molar-refractivity contribution is -0.709. The van der Waals surface area contributed by atoms with Gasteiger partial charge >= 0.3 is 0 Å². The molecule has 0 radical (unpaired) electrons. The average molecular weight is 313 g/mol. The lowest BCUT2D eigenvalue weighted by Gasteiger charge is -2.18. The largest absolute Gasteiger partial charge is 0.492 e. The van der Waals surface area contributed by atoms with Crippen molar-refractivity contribution < 1.29 is 14.8 Å². The molecule has 0 aliphatic heterocycles. The van der Waals surface area contributed by atoms with Crippen molar-refractivity contribution in [3.05, 3.63) is 60.2 Å². The Morgan fingerprint density at radius 1 is 1.09 bits per heavy atom. The van der Waals surface area contributed by atoms with E-state index in [1.54, 1.807) is 0 Å². The van der Waals surface area contributed by atoms with Crippen LogP contribution in [0.15, 0.2) is 54.6 Å². The maximum atomic E-state index is 12.4. The van der Waals surface area contributed by atoms with Crippen molar-refractivity contribution in [1.82, 2.24) is 0 Å². The van der Waals surface area contributed by atoms with Gasteiger partial charge in [0, 0.05) is 5.56 Å². The Labute approximate surface area is 137 Å². The first kappa shape index (κ1) is 17.0. The van der Waals surface area contributed by atoms with Gasteiger partial charge in [-0.05, 0) is 32.9 Å². The van der Waals surface area contributed by atoms with Crippen molar-refractivity contribution in [3.8, 4) is 5.75 Å². The first-order valence-electron chi connectivity index (χ1n) is 8.04. The van der Waals surface area contributed by atoms with Crippen molar-refractivity contribution >= 4 is 11.6 Å². The van der Waals surface area contributed by atoms with Gasteiger partial charge in [0.05, 0.1) is 12.3 Å². The number of para-hydroxylation sites is 2. The zero-order valence-corrected chi connectivity index (χ0v) is 14.0. The van der Waals surface area contributed by atoms with Crippen LogP contribution in [0.25, 0.3) is 0 Å². The Kier molecular flexibility index (Phi) is 6.18. The summed E-state index contributed by atoms with van der Waals surface area (Å²) in [5.74, 6) is 0.673. The van der Waals surface area contributed by atoms with Gasteiger partial charge in [-0.3, -0.25) is 4.79 Å². The van der Waals surface area contributed by atoms with Gasteiger partial charge in [-0.2, -0.15) is 0 Å². The van der Waals surface area contributed by atoms with Gasteiger partial charge in [0.25, 0.3) is 5.91 Å². The molecule has 3 N–H and O–H groups in total. The summed E-state index contributed by atoms with van der Waals surface area (Å²) in [6.07, 6.45) is 0. The van der Waals surface area contributed by atoms with Crippen molar-refractivity contribution in [3.63, 3.8) is 0 Å². The molecule has 4 heteroatoms. The maximum Gasteiger partial charge on any atom is 0.282 e. The van der Waals surface area contributed by atoms with Gasteiger partial charge in [0.1, 0.15) is 11.8 Å². The van der Waals surface area contributed by atoms with E-state index in [0.717, 1.165) is 0 Å². The first-order valence-corrected chi connectivity index (χ1v) is 8.04. The van der Waals surface area contributed by atoms with Crippen LogP contribution in [0.1, 0.15) is 32.4 Å². The molecule has 0 aromatic heterocycles. The molecule has 4 nitrogen and oxygen atoms in total. The summed E-state index contributed by atoms with van der Waals surface area (Å²) in [7, 11) is 0. The molecule has 0 fully saturated rings. The van der Waals surface area contributed by atoms with Gasteiger partial charge in [-0.15, -0.1) is 0 Å². The molecule has 2 atom stereocenters. The molecule has 0 spiro atoms. The summed E-state index contributed by atoms with van der Waals surface area (Å²) in [6.45, 7) is 6.52. The minimum Gasteiger partial charge on any atom is -0.492 e. The van der Waals surface area contributed by atoms with E-state index >= 15 is 0 Å². The van der Waals surface area contributed by atoms with E-state index in [2.05, 4.69) is 29.7 Å². The normalized spacial score (nSPS) is 13.2. The molecule has 0 saturated carbocycles. The Morgan fingerprint density at radius 2 is 1.74 bits per heavy atom. The van der Waals surface area contributed by atoms with E-state index in [1.165, 1.54) is 5.56 Å². The van der Waals surface area contributed by atoms with E-state index in [9.17, 15) is 4.79 Å². The van der Waals surface area contributed by atoms with Gasteiger partial charge < -0.3 is 15.4 Å². The molecule has 0 aliphatic rings. The number of quaternary nitrogens is 1. The highest BCUT2D eigenvalue weighted by molar-refractivity contribution is 5.94. The maximum absolute atomic E-state index is 12.4. The molecule has 23 heavy (non-hydrogen) atoms. The number of hydrogen-bond donors (Lipinski definition) is 2. The highest BCUT2D eigenvalue weighted by atomic mass is 16.5. The molecule has 122 valence electrons. The number of benzene rings is 2. The molecule has 1 amide bonds. The van der Waals surface area contributed by atoms with Crippen molar-refractivity contribution in [2.24, 2.45) is 0 Å². The number of nitrogens with two attached hydrogens (primary N) is 1. The van der Waals surface area contributed by atoms with E-state index < -0.39 is 0 Å². The van der Waals surface area contributed by atoms with Crippen LogP contribution in [0.4, 0.5) is 5.69 Å². The standard InChI is InChI=1S/C19H24N2O2/c1-4-23-18-13-9-8-12-17(18)21-19(22)15(3)20-14(2)16-10-6-5-7-11-16/h5-15,20H,4H2,1-3H3,(H,21,22)/p+1/t14-,15+/m1/s1. The SMILES string of the molecule is CCOc1ccccc1NC(=O)[C@H](C)[NH2+][C@H](C)c1ccccc1. The average Bonchev–Trinajstić information content (AvgIpc) is 2.57. The minimum absolute atomic E-state index is 0.0278. The second-order valence-corrected chi connectivity index (χ2v) is 5.60. The number of anilines is 1. The first-order chi connectivity index (χ1) is 11.1. The zero-order chi connectivity index (χ0) is 16.7. The van der Waals surface area contributed by atoms with Crippen LogP contribution in [-0.4, -0.2) is 18.6 Å². The molecule has 2 aromatic carbocycles. The predicted octanol–water partition coefficient (Wildman–Crippen LogP) is 2.74. The number of hydrogen-bond acceptors (Lipinski definition) is 2. The number of amides is 1.